The monoisotopic (exact) mass is 294 g/mol. The van der Waals surface area contributed by atoms with Crippen LogP contribution in [0.1, 0.15) is 37.1 Å². The molecular formula is C14H22N4OS. The SMILES string of the molecule is CCc1nnc(N2CCC(CO)C2)c(C(N)=S)c1CC. The molecule has 20 heavy (non-hydrogen) atoms. The minimum absolute atomic E-state index is 0.208. The van der Waals surface area contributed by atoms with Gasteiger partial charge in [0.2, 0.25) is 0 Å². The maximum Gasteiger partial charge on any atom is 0.161 e. The Morgan fingerprint density at radius 1 is 1.40 bits per heavy atom. The molecule has 1 unspecified atom stereocenters. The number of hydrogen-bond donors (Lipinski definition) is 2. The van der Waals surface area contributed by atoms with E-state index in [1.165, 1.54) is 0 Å². The number of aliphatic hydroxyl groups excluding tert-OH is 1. The fraction of sp³-hybridized carbons (Fsp3) is 0.643. The van der Waals surface area contributed by atoms with E-state index >= 15 is 0 Å². The lowest BCUT2D eigenvalue weighted by Crippen LogP contribution is -2.28. The molecule has 3 N–H and O–H groups in total. The van der Waals surface area contributed by atoms with E-state index in [0.717, 1.165) is 55.0 Å². The van der Waals surface area contributed by atoms with Gasteiger partial charge in [0.25, 0.3) is 0 Å². The van der Waals surface area contributed by atoms with Crippen LogP contribution in [0.5, 0.6) is 0 Å². The van der Waals surface area contributed by atoms with E-state index in [4.69, 9.17) is 18.0 Å². The number of aromatic nitrogens is 2. The molecule has 1 aliphatic rings. The average molecular weight is 294 g/mol. The summed E-state index contributed by atoms with van der Waals surface area (Å²) < 4.78 is 0. The smallest absolute Gasteiger partial charge is 0.161 e. The molecule has 1 aromatic rings. The molecule has 0 aromatic carbocycles. The summed E-state index contributed by atoms with van der Waals surface area (Å²) in [6, 6.07) is 0. The summed E-state index contributed by atoms with van der Waals surface area (Å²) in [4.78, 5) is 2.52. The predicted octanol–water partition coefficient (Wildman–Crippen LogP) is 1.05. The highest BCUT2D eigenvalue weighted by Crippen LogP contribution is 2.28. The van der Waals surface area contributed by atoms with Crippen LogP contribution in [-0.2, 0) is 12.8 Å². The van der Waals surface area contributed by atoms with Crippen molar-refractivity contribution in [3.63, 3.8) is 0 Å². The van der Waals surface area contributed by atoms with E-state index in [2.05, 4.69) is 28.9 Å². The average Bonchev–Trinajstić information content (AvgIpc) is 2.94. The summed E-state index contributed by atoms with van der Waals surface area (Å²) in [5, 5.41) is 18.0. The summed E-state index contributed by atoms with van der Waals surface area (Å²) >= 11 is 5.24. The van der Waals surface area contributed by atoms with Gasteiger partial charge in [-0.3, -0.25) is 0 Å². The summed E-state index contributed by atoms with van der Waals surface area (Å²) in [6.45, 7) is 6.01. The molecule has 0 spiro atoms. The molecular weight excluding hydrogens is 272 g/mol. The maximum atomic E-state index is 9.28. The van der Waals surface area contributed by atoms with Crippen LogP contribution in [0.3, 0.4) is 0 Å². The Kier molecular flexibility index (Phi) is 4.88. The number of aryl methyl sites for hydroxylation is 1. The van der Waals surface area contributed by atoms with Crippen LogP contribution >= 0.6 is 12.2 Å². The Balaban J connectivity index is 2.45. The first kappa shape index (κ1) is 15.1. The Hall–Kier alpha value is -1.27. The lowest BCUT2D eigenvalue weighted by Gasteiger charge is -2.22. The van der Waals surface area contributed by atoms with E-state index in [1.54, 1.807) is 0 Å². The second-order valence-corrected chi connectivity index (χ2v) is 5.62. The zero-order chi connectivity index (χ0) is 14.7. The van der Waals surface area contributed by atoms with Crippen LogP contribution < -0.4 is 10.6 Å². The third-order valence-corrected chi connectivity index (χ3v) is 4.12. The topological polar surface area (TPSA) is 75.3 Å². The quantitative estimate of drug-likeness (QED) is 0.791. The van der Waals surface area contributed by atoms with Crippen LogP contribution in [0.2, 0.25) is 0 Å². The molecule has 1 aliphatic heterocycles. The zero-order valence-electron chi connectivity index (χ0n) is 12.1. The molecule has 0 aliphatic carbocycles. The molecule has 5 nitrogen and oxygen atoms in total. The van der Waals surface area contributed by atoms with E-state index in [9.17, 15) is 5.11 Å². The molecule has 6 heteroatoms. The van der Waals surface area contributed by atoms with Crippen molar-refractivity contribution in [1.29, 1.82) is 0 Å². The highest BCUT2D eigenvalue weighted by atomic mass is 32.1. The Morgan fingerprint density at radius 3 is 2.65 bits per heavy atom. The highest BCUT2D eigenvalue weighted by Gasteiger charge is 2.27. The number of aliphatic hydroxyl groups is 1. The first-order valence-corrected chi connectivity index (χ1v) is 7.57. The third-order valence-electron chi connectivity index (χ3n) is 3.92. The molecule has 0 saturated carbocycles. The Bertz CT molecular complexity index is 506. The van der Waals surface area contributed by atoms with E-state index in [1.807, 2.05) is 0 Å². The predicted molar refractivity (Wildman–Crippen MR) is 84.1 cm³/mol. The fourth-order valence-corrected chi connectivity index (χ4v) is 3.03. The maximum absolute atomic E-state index is 9.28. The largest absolute Gasteiger partial charge is 0.396 e. The van der Waals surface area contributed by atoms with E-state index in [-0.39, 0.29) is 6.61 Å². The molecule has 1 saturated heterocycles. The number of nitrogens with two attached hydrogens (primary N) is 1. The van der Waals surface area contributed by atoms with Gasteiger partial charge in [0.1, 0.15) is 4.99 Å². The number of nitrogens with zero attached hydrogens (tertiary/aromatic N) is 3. The van der Waals surface area contributed by atoms with Crippen molar-refractivity contribution in [2.75, 3.05) is 24.6 Å². The van der Waals surface area contributed by atoms with Gasteiger partial charge >= 0.3 is 0 Å². The van der Waals surface area contributed by atoms with Gasteiger partial charge < -0.3 is 15.7 Å². The Morgan fingerprint density at radius 2 is 2.15 bits per heavy atom. The van der Waals surface area contributed by atoms with Crippen molar-refractivity contribution < 1.29 is 5.11 Å². The minimum atomic E-state index is 0.208. The van der Waals surface area contributed by atoms with Gasteiger partial charge in [0, 0.05) is 25.6 Å². The van der Waals surface area contributed by atoms with Gasteiger partial charge in [-0.25, -0.2) is 0 Å². The van der Waals surface area contributed by atoms with Crippen molar-refractivity contribution in [1.82, 2.24) is 10.2 Å². The molecule has 1 aromatic heterocycles. The lowest BCUT2D eigenvalue weighted by atomic mass is 10.0. The number of rotatable bonds is 5. The number of thiocarbonyl (C=S) groups is 1. The van der Waals surface area contributed by atoms with Gasteiger partial charge in [0.15, 0.2) is 5.82 Å². The van der Waals surface area contributed by atoms with Gasteiger partial charge in [-0.15, -0.1) is 5.10 Å². The van der Waals surface area contributed by atoms with Crippen LogP contribution in [0.4, 0.5) is 5.82 Å². The highest BCUT2D eigenvalue weighted by molar-refractivity contribution is 7.80. The van der Waals surface area contributed by atoms with Crippen molar-refractivity contribution in [2.24, 2.45) is 11.7 Å². The first-order valence-electron chi connectivity index (χ1n) is 7.16. The molecule has 0 amide bonds. The van der Waals surface area contributed by atoms with E-state index in [0.29, 0.717) is 10.9 Å². The standard InChI is InChI=1S/C14H22N4OS/c1-3-10-11(4-2)16-17-14(12(10)13(15)20)18-6-5-9(7-18)8-19/h9,19H,3-8H2,1-2H3,(H2,15,20). The van der Waals surface area contributed by atoms with E-state index < -0.39 is 0 Å². The summed E-state index contributed by atoms with van der Waals surface area (Å²) in [5.41, 5.74) is 8.88. The van der Waals surface area contributed by atoms with Crippen LogP contribution in [-0.4, -0.2) is 40.0 Å². The molecule has 2 heterocycles. The summed E-state index contributed by atoms with van der Waals surface area (Å²) in [6.07, 6.45) is 2.63. The second-order valence-electron chi connectivity index (χ2n) is 5.18. The van der Waals surface area contributed by atoms with Crippen molar-refractivity contribution >= 4 is 23.0 Å². The van der Waals surface area contributed by atoms with Gasteiger partial charge in [-0.1, -0.05) is 26.1 Å². The molecule has 1 fully saturated rings. The normalized spacial score (nSPS) is 18.6. The van der Waals surface area contributed by atoms with Crippen molar-refractivity contribution in [3.05, 3.63) is 16.8 Å². The first-order chi connectivity index (χ1) is 9.62. The number of hydrogen-bond acceptors (Lipinski definition) is 5. The Labute approximate surface area is 125 Å². The van der Waals surface area contributed by atoms with Gasteiger partial charge in [-0.2, -0.15) is 5.10 Å². The van der Waals surface area contributed by atoms with Crippen LogP contribution in [0, 0.1) is 5.92 Å². The van der Waals surface area contributed by atoms with Gasteiger partial charge in [0.05, 0.1) is 11.3 Å². The fourth-order valence-electron chi connectivity index (χ4n) is 2.82. The van der Waals surface area contributed by atoms with Crippen LogP contribution in [0.25, 0.3) is 0 Å². The minimum Gasteiger partial charge on any atom is -0.396 e. The van der Waals surface area contributed by atoms with Crippen LogP contribution in [0.15, 0.2) is 0 Å². The van der Waals surface area contributed by atoms with Crippen molar-refractivity contribution in [3.8, 4) is 0 Å². The third kappa shape index (κ3) is 2.76. The molecule has 0 bridgehead atoms. The molecule has 0 radical (unpaired) electrons. The number of anilines is 1. The second kappa shape index (κ2) is 6.45. The van der Waals surface area contributed by atoms with Crippen molar-refractivity contribution in [2.45, 2.75) is 33.1 Å². The van der Waals surface area contributed by atoms with Gasteiger partial charge in [-0.05, 0) is 24.8 Å². The summed E-state index contributed by atoms with van der Waals surface area (Å²) in [7, 11) is 0. The lowest BCUT2D eigenvalue weighted by molar-refractivity contribution is 0.238. The molecule has 1 atom stereocenters. The molecule has 2 rings (SSSR count). The molecule has 110 valence electrons. The zero-order valence-corrected chi connectivity index (χ0v) is 12.9. The summed E-state index contributed by atoms with van der Waals surface area (Å²) in [5.74, 6) is 1.08.